The van der Waals surface area contributed by atoms with Crippen molar-refractivity contribution in [2.75, 3.05) is 32.0 Å². The molecule has 2 aliphatic heterocycles. The molecule has 27 heavy (non-hydrogen) atoms. The highest BCUT2D eigenvalue weighted by Gasteiger charge is 2.28. The largest absolute Gasteiger partial charge is 0.341 e. The summed E-state index contributed by atoms with van der Waals surface area (Å²) in [6.45, 7) is 3.32. The van der Waals surface area contributed by atoms with Crippen LogP contribution in [0.25, 0.3) is 0 Å². The molecule has 3 rings (SSSR count). The monoisotopic (exact) mass is 393 g/mol. The van der Waals surface area contributed by atoms with Gasteiger partial charge in [0.25, 0.3) is 0 Å². The molecule has 1 N–H and O–H groups in total. The third-order valence-corrected chi connectivity index (χ3v) is 7.08. The predicted octanol–water partition coefficient (Wildman–Crippen LogP) is 1.84. The highest BCUT2D eigenvalue weighted by atomic mass is 32.2. The molecule has 0 aliphatic carbocycles. The van der Waals surface area contributed by atoms with Crippen molar-refractivity contribution >= 4 is 27.5 Å². The van der Waals surface area contributed by atoms with E-state index in [9.17, 15) is 18.0 Å². The third-order valence-electron chi connectivity index (χ3n) is 5.28. The number of nitrogens with one attached hydrogen (secondary N) is 1. The lowest BCUT2D eigenvalue weighted by Gasteiger charge is -2.32. The average Bonchev–Trinajstić information content (AvgIpc) is 2.81. The van der Waals surface area contributed by atoms with Gasteiger partial charge in [0.1, 0.15) is 0 Å². The van der Waals surface area contributed by atoms with E-state index >= 15 is 0 Å². The van der Waals surface area contributed by atoms with Crippen molar-refractivity contribution in [2.24, 2.45) is 5.92 Å². The molecule has 2 heterocycles. The fourth-order valence-corrected chi connectivity index (χ4v) is 4.85. The van der Waals surface area contributed by atoms with Gasteiger partial charge in [-0.1, -0.05) is 6.92 Å². The number of likely N-dealkylation sites (N-methyl/N-ethyl adjacent to an activating group) is 1. The molecule has 0 saturated carbocycles. The Morgan fingerprint density at radius 3 is 2.81 bits per heavy atom. The van der Waals surface area contributed by atoms with Gasteiger partial charge in [-0.2, -0.15) is 4.31 Å². The summed E-state index contributed by atoms with van der Waals surface area (Å²) in [5.41, 5.74) is 1.48. The molecule has 0 aromatic heterocycles. The Hall–Kier alpha value is -1.93. The summed E-state index contributed by atoms with van der Waals surface area (Å²) < 4.78 is 27.0. The molecule has 1 aromatic carbocycles. The van der Waals surface area contributed by atoms with Crippen LogP contribution in [-0.2, 0) is 26.0 Å². The van der Waals surface area contributed by atoms with E-state index in [0.717, 1.165) is 22.7 Å². The SMILES string of the molecule is CC1CCCN(C(=O)CN(C)S(=O)(=O)c2ccc3c(c2)CCCC(=O)N3)C1. The quantitative estimate of drug-likeness (QED) is 0.846. The van der Waals surface area contributed by atoms with Crippen molar-refractivity contribution in [2.45, 2.75) is 43.9 Å². The molecule has 1 aromatic rings. The number of carbonyl (C=O) groups excluding carboxylic acids is 2. The summed E-state index contributed by atoms with van der Waals surface area (Å²) in [6, 6.07) is 4.73. The number of fused-ring (bicyclic) bond motifs is 1. The number of hydrogen-bond donors (Lipinski definition) is 1. The fourth-order valence-electron chi connectivity index (χ4n) is 3.68. The summed E-state index contributed by atoms with van der Waals surface area (Å²) in [4.78, 5) is 26.1. The second-order valence-corrected chi connectivity index (χ2v) is 9.61. The van der Waals surface area contributed by atoms with E-state index in [4.69, 9.17) is 0 Å². The van der Waals surface area contributed by atoms with Crippen LogP contribution in [0.1, 0.15) is 38.2 Å². The topological polar surface area (TPSA) is 86.8 Å². The first-order valence-corrected chi connectivity index (χ1v) is 10.9. The van der Waals surface area contributed by atoms with Gasteiger partial charge in [-0.05, 0) is 55.4 Å². The Morgan fingerprint density at radius 2 is 2.07 bits per heavy atom. The predicted molar refractivity (Wildman–Crippen MR) is 103 cm³/mol. The first-order valence-electron chi connectivity index (χ1n) is 9.44. The summed E-state index contributed by atoms with van der Waals surface area (Å²) in [7, 11) is -2.33. The average molecular weight is 394 g/mol. The van der Waals surface area contributed by atoms with E-state index in [1.165, 1.54) is 13.1 Å². The molecule has 1 saturated heterocycles. The first-order chi connectivity index (χ1) is 12.8. The summed E-state index contributed by atoms with van der Waals surface area (Å²) >= 11 is 0. The second kappa shape index (κ2) is 7.98. The Labute approximate surface area is 160 Å². The van der Waals surface area contributed by atoms with E-state index in [1.54, 1.807) is 17.0 Å². The van der Waals surface area contributed by atoms with Crippen LogP contribution in [0.4, 0.5) is 5.69 Å². The van der Waals surface area contributed by atoms with Crippen molar-refractivity contribution < 1.29 is 18.0 Å². The molecule has 8 heteroatoms. The number of aryl methyl sites for hydroxylation is 1. The van der Waals surface area contributed by atoms with E-state index in [-0.39, 0.29) is 23.3 Å². The number of nitrogens with zero attached hydrogens (tertiary/aromatic N) is 2. The normalized spacial score (nSPS) is 20.8. The van der Waals surface area contributed by atoms with Crippen molar-refractivity contribution in [3.05, 3.63) is 23.8 Å². The number of carbonyl (C=O) groups is 2. The van der Waals surface area contributed by atoms with Gasteiger partial charge >= 0.3 is 0 Å². The highest BCUT2D eigenvalue weighted by molar-refractivity contribution is 7.89. The molecule has 0 bridgehead atoms. The number of benzene rings is 1. The zero-order valence-electron chi connectivity index (χ0n) is 15.9. The van der Waals surface area contributed by atoms with Crippen LogP contribution in [0.3, 0.4) is 0 Å². The minimum Gasteiger partial charge on any atom is -0.341 e. The molecule has 2 amide bonds. The smallest absolute Gasteiger partial charge is 0.243 e. The van der Waals surface area contributed by atoms with E-state index in [0.29, 0.717) is 44.0 Å². The van der Waals surface area contributed by atoms with Crippen molar-refractivity contribution in [1.29, 1.82) is 0 Å². The van der Waals surface area contributed by atoms with Gasteiger partial charge in [-0.3, -0.25) is 9.59 Å². The lowest BCUT2D eigenvalue weighted by molar-refractivity contribution is -0.132. The maximum Gasteiger partial charge on any atom is 0.243 e. The van der Waals surface area contributed by atoms with Gasteiger partial charge in [0.05, 0.1) is 11.4 Å². The van der Waals surface area contributed by atoms with Gasteiger partial charge in [-0.25, -0.2) is 8.42 Å². The van der Waals surface area contributed by atoms with Gasteiger partial charge < -0.3 is 10.2 Å². The molecule has 7 nitrogen and oxygen atoms in total. The maximum absolute atomic E-state index is 12.9. The van der Waals surface area contributed by atoms with Crippen LogP contribution >= 0.6 is 0 Å². The number of likely N-dealkylation sites (tertiary alicyclic amines) is 1. The van der Waals surface area contributed by atoms with Gasteiger partial charge in [0.15, 0.2) is 0 Å². The molecule has 0 radical (unpaired) electrons. The van der Waals surface area contributed by atoms with E-state index in [1.807, 2.05) is 0 Å². The molecule has 148 valence electrons. The molecule has 1 unspecified atom stereocenters. The van der Waals surface area contributed by atoms with Gasteiger partial charge in [0.2, 0.25) is 21.8 Å². The Morgan fingerprint density at radius 1 is 1.30 bits per heavy atom. The molecular formula is C19H27N3O4S. The van der Waals surface area contributed by atoms with Crippen LogP contribution in [-0.4, -0.2) is 56.1 Å². The molecular weight excluding hydrogens is 366 g/mol. The van der Waals surface area contributed by atoms with Crippen LogP contribution in [0.5, 0.6) is 0 Å². The maximum atomic E-state index is 12.9. The highest BCUT2D eigenvalue weighted by Crippen LogP contribution is 2.26. The third kappa shape index (κ3) is 4.50. The number of anilines is 1. The van der Waals surface area contributed by atoms with Gasteiger partial charge in [0, 0.05) is 32.2 Å². The van der Waals surface area contributed by atoms with Crippen molar-refractivity contribution in [1.82, 2.24) is 9.21 Å². The zero-order valence-corrected chi connectivity index (χ0v) is 16.7. The Kier molecular flexibility index (Phi) is 5.86. The Balaban J connectivity index is 1.74. The first kappa shape index (κ1) is 19.8. The lowest BCUT2D eigenvalue weighted by Crippen LogP contribution is -2.45. The fraction of sp³-hybridized carbons (Fsp3) is 0.579. The van der Waals surface area contributed by atoms with E-state index < -0.39 is 10.0 Å². The molecule has 2 aliphatic rings. The lowest BCUT2D eigenvalue weighted by atomic mass is 10.0. The van der Waals surface area contributed by atoms with Crippen LogP contribution < -0.4 is 5.32 Å². The number of piperidine rings is 1. The minimum atomic E-state index is -3.77. The summed E-state index contributed by atoms with van der Waals surface area (Å²) in [6.07, 6.45) is 3.82. The summed E-state index contributed by atoms with van der Waals surface area (Å²) in [5.74, 6) is 0.238. The zero-order chi connectivity index (χ0) is 19.6. The van der Waals surface area contributed by atoms with Crippen molar-refractivity contribution in [3.8, 4) is 0 Å². The standard InChI is InChI=1S/C19H27N3O4S/c1-14-5-4-10-22(12-14)19(24)13-21(2)27(25,26)16-8-9-17-15(11-16)6-3-7-18(23)20-17/h8-9,11,14H,3-7,10,12-13H2,1-2H3,(H,20,23). The Bertz CT molecular complexity index is 837. The van der Waals surface area contributed by atoms with Crippen LogP contribution in [0.15, 0.2) is 23.1 Å². The number of hydrogen-bond acceptors (Lipinski definition) is 4. The second-order valence-electron chi connectivity index (χ2n) is 7.57. The molecule has 0 spiro atoms. The van der Waals surface area contributed by atoms with Crippen LogP contribution in [0.2, 0.25) is 0 Å². The van der Waals surface area contributed by atoms with E-state index in [2.05, 4.69) is 12.2 Å². The van der Waals surface area contributed by atoms with Crippen molar-refractivity contribution in [3.63, 3.8) is 0 Å². The minimum absolute atomic E-state index is 0.0529. The number of sulfonamides is 1. The summed E-state index contributed by atoms with van der Waals surface area (Å²) in [5, 5.41) is 2.80. The van der Waals surface area contributed by atoms with Gasteiger partial charge in [-0.15, -0.1) is 0 Å². The van der Waals surface area contributed by atoms with Crippen LogP contribution in [0, 0.1) is 5.92 Å². The number of amides is 2. The number of rotatable bonds is 4. The molecule has 1 fully saturated rings. The molecule has 1 atom stereocenters.